The molecule has 5 nitrogen and oxygen atoms in total. The zero-order valence-electron chi connectivity index (χ0n) is 15.3. The van der Waals surface area contributed by atoms with E-state index in [2.05, 4.69) is 22.4 Å². The first-order valence-electron chi connectivity index (χ1n) is 8.58. The lowest BCUT2D eigenvalue weighted by atomic mass is 10.2. The number of aromatic amines is 1. The molecule has 0 bridgehead atoms. The average molecular weight is 382 g/mol. The molecule has 140 valence electrons. The van der Waals surface area contributed by atoms with Gasteiger partial charge in [0.15, 0.2) is 11.5 Å². The van der Waals surface area contributed by atoms with Gasteiger partial charge in [0.1, 0.15) is 0 Å². The Morgan fingerprint density at radius 2 is 1.96 bits per heavy atom. The van der Waals surface area contributed by atoms with Gasteiger partial charge in [-0.25, -0.2) is 0 Å². The molecule has 3 rings (SSSR count). The Morgan fingerprint density at radius 1 is 1.15 bits per heavy atom. The molecule has 6 heteroatoms. The van der Waals surface area contributed by atoms with E-state index in [1.54, 1.807) is 32.1 Å². The lowest BCUT2D eigenvalue weighted by Crippen LogP contribution is -2.23. The van der Waals surface area contributed by atoms with E-state index in [0.717, 1.165) is 16.8 Å². The second-order valence-electron chi connectivity index (χ2n) is 5.79. The zero-order chi connectivity index (χ0) is 19.1. The Labute approximate surface area is 162 Å². The number of fused-ring (bicyclic) bond motifs is 1. The normalized spacial score (nSPS) is 11.0. The summed E-state index contributed by atoms with van der Waals surface area (Å²) in [5.41, 5.74) is 2.00. The first-order valence-corrected chi connectivity index (χ1v) is 9.56. The highest BCUT2D eigenvalue weighted by Crippen LogP contribution is 2.28. The summed E-state index contributed by atoms with van der Waals surface area (Å²) >= 11 is 1.72. The van der Waals surface area contributed by atoms with Crippen molar-refractivity contribution in [3.63, 3.8) is 0 Å². The molecule has 0 aliphatic carbocycles. The SMILES string of the molecule is COc1ccc(C=CC(=O)NCCSc2c[nH]c3ccccc23)cc1OC. The van der Waals surface area contributed by atoms with Crippen LogP contribution in [0.2, 0.25) is 0 Å². The number of methoxy groups -OCH3 is 2. The predicted molar refractivity (Wildman–Crippen MR) is 111 cm³/mol. The van der Waals surface area contributed by atoms with Crippen LogP contribution < -0.4 is 14.8 Å². The standard InChI is InChI=1S/C21H22N2O3S/c1-25-18-9-7-15(13-19(18)26-2)8-10-21(24)22-11-12-27-20-14-23-17-6-4-3-5-16(17)20/h3-10,13-14,23H,11-12H2,1-2H3,(H,22,24). The topological polar surface area (TPSA) is 63.3 Å². The maximum atomic E-state index is 12.0. The second kappa shape index (κ2) is 9.19. The summed E-state index contributed by atoms with van der Waals surface area (Å²) in [4.78, 5) is 16.4. The largest absolute Gasteiger partial charge is 0.493 e. The van der Waals surface area contributed by atoms with Crippen molar-refractivity contribution < 1.29 is 14.3 Å². The molecule has 1 aromatic heterocycles. The van der Waals surface area contributed by atoms with Gasteiger partial charge in [0, 0.05) is 40.4 Å². The summed E-state index contributed by atoms with van der Waals surface area (Å²) in [7, 11) is 3.18. The number of thioether (sulfide) groups is 1. The number of para-hydroxylation sites is 1. The fourth-order valence-corrected chi connectivity index (χ4v) is 3.59. The van der Waals surface area contributed by atoms with Crippen LogP contribution in [0.1, 0.15) is 5.56 Å². The molecule has 1 heterocycles. The number of rotatable bonds is 8. The number of nitrogens with one attached hydrogen (secondary N) is 2. The average Bonchev–Trinajstić information content (AvgIpc) is 3.12. The Kier molecular flexibility index (Phi) is 6.44. The Morgan fingerprint density at radius 3 is 2.78 bits per heavy atom. The molecular formula is C21H22N2O3S. The molecule has 2 N–H and O–H groups in total. The van der Waals surface area contributed by atoms with Crippen molar-refractivity contribution in [3.8, 4) is 11.5 Å². The van der Waals surface area contributed by atoms with E-state index in [0.29, 0.717) is 18.0 Å². The monoisotopic (exact) mass is 382 g/mol. The van der Waals surface area contributed by atoms with E-state index >= 15 is 0 Å². The summed E-state index contributed by atoms with van der Waals surface area (Å²) in [6.45, 7) is 0.597. The fourth-order valence-electron chi connectivity index (χ4n) is 2.69. The van der Waals surface area contributed by atoms with Crippen LogP contribution in [0.25, 0.3) is 17.0 Å². The van der Waals surface area contributed by atoms with Crippen molar-refractivity contribution in [1.29, 1.82) is 0 Å². The highest BCUT2D eigenvalue weighted by atomic mass is 32.2. The Hall–Kier alpha value is -2.86. The van der Waals surface area contributed by atoms with E-state index in [-0.39, 0.29) is 5.91 Å². The summed E-state index contributed by atoms with van der Waals surface area (Å²) in [5.74, 6) is 1.98. The van der Waals surface area contributed by atoms with Gasteiger partial charge in [0.2, 0.25) is 5.91 Å². The Bertz CT molecular complexity index is 950. The number of hydrogen-bond donors (Lipinski definition) is 2. The van der Waals surface area contributed by atoms with Gasteiger partial charge in [0.25, 0.3) is 0 Å². The smallest absolute Gasteiger partial charge is 0.244 e. The number of H-pyrrole nitrogens is 1. The number of amides is 1. The minimum Gasteiger partial charge on any atom is -0.493 e. The van der Waals surface area contributed by atoms with Crippen molar-refractivity contribution in [3.05, 3.63) is 60.3 Å². The third kappa shape index (κ3) is 4.86. The molecule has 27 heavy (non-hydrogen) atoms. The Balaban J connectivity index is 1.47. The number of carbonyl (C=O) groups excluding carboxylic acids is 1. The van der Waals surface area contributed by atoms with Gasteiger partial charge in [0.05, 0.1) is 14.2 Å². The molecule has 0 saturated carbocycles. The summed E-state index contributed by atoms with van der Waals surface area (Å²) < 4.78 is 10.5. The molecule has 0 fully saturated rings. The van der Waals surface area contributed by atoms with Crippen LogP contribution in [0, 0.1) is 0 Å². The molecular weight excluding hydrogens is 360 g/mol. The first kappa shape index (κ1) is 18.9. The molecule has 2 aromatic carbocycles. The van der Waals surface area contributed by atoms with Crippen LogP contribution in [0.3, 0.4) is 0 Å². The van der Waals surface area contributed by atoms with E-state index in [1.807, 2.05) is 36.5 Å². The number of aromatic nitrogens is 1. The predicted octanol–water partition coefficient (Wildman–Crippen LogP) is 4.11. The van der Waals surface area contributed by atoms with Crippen molar-refractivity contribution >= 4 is 34.6 Å². The van der Waals surface area contributed by atoms with Gasteiger partial charge in [-0.3, -0.25) is 4.79 Å². The van der Waals surface area contributed by atoms with Gasteiger partial charge in [-0.2, -0.15) is 0 Å². The molecule has 0 saturated heterocycles. The van der Waals surface area contributed by atoms with Crippen LogP contribution >= 0.6 is 11.8 Å². The lowest BCUT2D eigenvalue weighted by Gasteiger charge is -2.07. The lowest BCUT2D eigenvalue weighted by molar-refractivity contribution is -0.116. The van der Waals surface area contributed by atoms with Crippen LogP contribution in [-0.2, 0) is 4.79 Å². The summed E-state index contributed by atoms with van der Waals surface area (Å²) in [6.07, 6.45) is 5.29. The van der Waals surface area contributed by atoms with Crippen LogP contribution in [-0.4, -0.2) is 37.4 Å². The van der Waals surface area contributed by atoms with Gasteiger partial charge in [-0.15, -0.1) is 11.8 Å². The number of hydrogen-bond acceptors (Lipinski definition) is 4. The van der Waals surface area contributed by atoms with Crippen LogP contribution in [0.15, 0.2) is 59.6 Å². The van der Waals surface area contributed by atoms with Crippen molar-refractivity contribution in [2.24, 2.45) is 0 Å². The van der Waals surface area contributed by atoms with Crippen LogP contribution in [0.4, 0.5) is 0 Å². The van der Waals surface area contributed by atoms with Gasteiger partial charge < -0.3 is 19.8 Å². The minimum absolute atomic E-state index is 0.121. The quantitative estimate of drug-likeness (QED) is 0.350. The van der Waals surface area contributed by atoms with E-state index in [9.17, 15) is 4.79 Å². The van der Waals surface area contributed by atoms with Crippen molar-refractivity contribution in [1.82, 2.24) is 10.3 Å². The zero-order valence-corrected chi connectivity index (χ0v) is 16.1. The van der Waals surface area contributed by atoms with Crippen molar-refractivity contribution in [2.75, 3.05) is 26.5 Å². The maximum Gasteiger partial charge on any atom is 0.244 e. The summed E-state index contributed by atoms with van der Waals surface area (Å²) in [5, 5.41) is 4.11. The highest BCUT2D eigenvalue weighted by molar-refractivity contribution is 7.99. The molecule has 0 unspecified atom stereocenters. The van der Waals surface area contributed by atoms with Gasteiger partial charge >= 0.3 is 0 Å². The number of ether oxygens (including phenoxy) is 2. The maximum absolute atomic E-state index is 12.0. The van der Waals surface area contributed by atoms with E-state index in [1.165, 1.54) is 16.4 Å². The van der Waals surface area contributed by atoms with Gasteiger partial charge in [-0.1, -0.05) is 24.3 Å². The summed E-state index contributed by atoms with van der Waals surface area (Å²) in [6, 6.07) is 13.7. The van der Waals surface area contributed by atoms with Crippen molar-refractivity contribution in [2.45, 2.75) is 4.90 Å². The minimum atomic E-state index is -0.121. The molecule has 0 spiro atoms. The fraction of sp³-hybridized carbons (Fsp3) is 0.190. The molecule has 0 aliphatic rings. The van der Waals surface area contributed by atoms with E-state index < -0.39 is 0 Å². The van der Waals surface area contributed by atoms with Gasteiger partial charge in [-0.05, 0) is 29.8 Å². The third-order valence-electron chi connectivity index (χ3n) is 4.04. The highest BCUT2D eigenvalue weighted by Gasteiger charge is 2.05. The molecule has 0 aliphatic heterocycles. The third-order valence-corrected chi connectivity index (χ3v) is 5.10. The molecule has 0 atom stereocenters. The molecule has 0 radical (unpaired) electrons. The second-order valence-corrected chi connectivity index (χ2v) is 6.92. The van der Waals surface area contributed by atoms with E-state index in [4.69, 9.17) is 9.47 Å². The number of carbonyl (C=O) groups is 1. The van der Waals surface area contributed by atoms with Crippen LogP contribution in [0.5, 0.6) is 11.5 Å². The molecule has 3 aromatic rings. The number of benzene rings is 2. The molecule has 1 amide bonds. The first-order chi connectivity index (χ1) is 13.2.